The van der Waals surface area contributed by atoms with Gasteiger partial charge in [0, 0.05) is 50.5 Å². The van der Waals surface area contributed by atoms with Crippen LogP contribution >= 0.6 is 0 Å². The molecule has 1 N–H and O–H groups in total. The van der Waals surface area contributed by atoms with Gasteiger partial charge in [-0.3, -0.25) is 14.9 Å². The van der Waals surface area contributed by atoms with E-state index in [4.69, 9.17) is 0 Å². The number of nitro benzene ring substituents is 1. The maximum atomic E-state index is 12.8. The van der Waals surface area contributed by atoms with Crippen molar-refractivity contribution in [2.24, 2.45) is 0 Å². The van der Waals surface area contributed by atoms with Gasteiger partial charge in [0.05, 0.1) is 17.3 Å². The van der Waals surface area contributed by atoms with Crippen LogP contribution in [0.4, 0.5) is 11.4 Å². The predicted octanol–water partition coefficient (Wildman–Crippen LogP) is -0.0499. The number of nitrogens with one attached hydrogen (secondary N) is 1. The summed E-state index contributed by atoms with van der Waals surface area (Å²) in [7, 11) is -2.23. The number of hydrogen-bond donors (Lipinski definition) is 1. The lowest BCUT2D eigenvalue weighted by molar-refractivity contribution is -0.384. The third-order valence-corrected chi connectivity index (χ3v) is 7.31. The summed E-state index contributed by atoms with van der Waals surface area (Å²) in [4.78, 5) is 23.9. The van der Waals surface area contributed by atoms with E-state index in [2.05, 4.69) is 10.1 Å². The highest BCUT2D eigenvalue weighted by Gasteiger charge is 2.41. The number of rotatable bonds is 5. The highest BCUT2D eigenvalue weighted by atomic mass is 32.2. The van der Waals surface area contributed by atoms with E-state index >= 15 is 0 Å². The molecule has 2 saturated heterocycles. The second kappa shape index (κ2) is 7.79. The molecule has 0 aromatic heterocycles. The van der Waals surface area contributed by atoms with Gasteiger partial charge in [0.25, 0.3) is 5.69 Å². The van der Waals surface area contributed by atoms with Crippen molar-refractivity contribution < 1.29 is 22.9 Å². The van der Waals surface area contributed by atoms with Crippen LogP contribution in [0.1, 0.15) is 6.42 Å². The number of piperazine rings is 1. The fourth-order valence-electron chi connectivity index (χ4n) is 3.45. The number of hydrogen-bond acceptors (Lipinski definition) is 8. The molecule has 148 valence electrons. The molecule has 1 aromatic rings. The standard InChI is InChI=1S/C16H22N4O6S/c1-26-16(21)15-10-14(11-17-15)27(24,25)19-8-6-18(7-9-19)12-2-4-13(5-3-12)20(22)23/h2-5,14-15,17H,6-11H2,1H3. The molecule has 27 heavy (non-hydrogen) atoms. The Morgan fingerprint density at radius 3 is 2.41 bits per heavy atom. The number of non-ortho nitro benzene ring substituents is 1. The number of esters is 1. The number of ether oxygens (including phenoxy) is 1. The Morgan fingerprint density at radius 1 is 1.22 bits per heavy atom. The Kier molecular flexibility index (Phi) is 5.63. The minimum Gasteiger partial charge on any atom is -0.468 e. The average molecular weight is 398 g/mol. The Bertz CT molecular complexity index is 805. The van der Waals surface area contributed by atoms with E-state index in [9.17, 15) is 23.3 Å². The highest BCUT2D eigenvalue weighted by Crippen LogP contribution is 2.24. The lowest BCUT2D eigenvalue weighted by atomic mass is 10.2. The number of nitro groups is 1. The summed E-state index contributed by atoms with van der Waals surface area (Å²) in [5.41, 5.74) is 0.847. The minimum absolute atomic E-state index is 0.0221. The van der Waals surface area contributed by atoms with Crippen molar-refractivity contribution in [1.29, 1.82) is 0 Å². The van der Waals surface area contributed by atoms with Gasteiger partial charge in [-0.2, -0.15) is 4.31 Å². The van der Waals surface area contributed by atoms with E-state index < -0.39 is 32.2 Å². The van der Waals surface area contributed by atoms with E-state index in [0.717, 1.165) is 5.69 Å². The Hall–Kier alpha value is -2.24. The maximum absolute atomic E-state index is 12.8. The summed E-state index contributed by atoms with van der Waals surface area (Å²) in [6.45, 7) is 1.89. The first-order chi connectivity index (χ1) is 12.8. The summed E-state index contributed by atoms with van der Waals surface area (Å²) in [5, 5.41) is 13.0. The topological polar surface area (TPSA) is 122 Å². The van der Waals surface area contributed by atoms with Crippen molar-refractivity contribution >= 4 is 27.4 Å². The minimum atomic E-state index is -3.51. The molecule has 0 spiro atoms. The Labute approximate surface area is 157 Å². The quantitative estimate of drug-likeness (QED) is 0.416. The van der Waals surface area contributed by atoms with Gasteiger partial charge in [0.1, 0.15) is 6.04 Å². The molecule has 0 aliphatic carbocycles. The lowest BCUT2D eigenvalue weighted by Gasteiger charge is -2.36. The maximum Gasteiger partial charge on any atom is 0.322 e. The van der Waals surface area contributed by atoms with Gasteiger partial charge in [-0.25, -0.2) is 8.42 Å². The molecule has 11 heteroatoms. The monoisotopic (exact) mass is 398 g/mol. The van der Waals surface area contributed by atoms with Gasteiger partial charge in [-0.05, 0) is 18.6 Å². The molecule has 3 rings (SSSR count). The highest BCUT2D eigenvalue weighted by molar-refractivity contribution is 7.89. The van der Waals surface area contributed by atoms with E-state index in [0.29, 0.717) is 26.2 Å². The molecule has 2 fully saturated rings. The van der Waals surface area contributed by atoms with Crippen LogP contribution < -0.4 is 10.2 Å². The number of carbonyl (C=O) groups is 1. The molecular weight excluding hydrogens is 376 g/mol. The van der Waals surface area contributed by atoms with Crippen LogP contribution in [0.3, 0.4) is 0 Å². The van der Waals surface area contributed by atoms with E-state index in [1.165, 1.54) is 23.5 Å². The molecule has 0 radical (unpaired) electrons. The summed E-state index contributed by atoms with van der Waals surface area (Å²) in [6.07, 6.45) is 0.206. The van der Waals surface area contributed by atoms with E-state index in [1.54, 1.807) is 12.1 Å². The Morgan fingerprint density at radius 2 is 1.85 bits per heavy atom. The SMILES string of the molecule is COC(=O)C1CC(S(=O)(=O)N2CCN(c3ccc([N+](=O)[O-])cc3)CC2)CN1. The van der Waals surface area contributed by atoms with Gasteiger partial charge < -0.3 is 15.0 Å². The number of methoxy groups -OCH3 is 1. The zero-order chi connectivity index (χ0) is 19.6. The normalized spacial score (nSPS) is 24.0. The van der Waals surface area contributed by atoms with Gasteiger partial charge in [-0.15, -0.1) is 0 Å². The van der Waals surface area contributed by atoms with Crippen LogP contribution in [-0.4, -0.2) is 74.7 Å². The van der Waals surface area contributed by atoms with Gasteiger partial charge in [-0.1, -0.05) is 0 Å². The predicted molar refractivity (Wildman–Crippen MR) is 98.0 cm³/mol. The molecule has 0 amide bonds. The van der Waals surface area contributed by atoms with Crippen LogP contribution in [-0.2, 0) is 19.6 Å². The molecule has 2 heterocycles. The fourth-order valence-corrected chi connectivity index (χ4v) is 5.29. The lowest BCUT2D eigenvalue weighted by Crippen LogP contribution is -2.51. The molecule has 0 saturated carbocycles. The first-order valence-corrected chi connectivity index (χ1v) is 10.1. The summed E-state index contributed by atoms with van der Waals surface area (Å²) in [6, 6.07) is 5.63. The number of benzene rings is 1. The van der Waals surface area contributed by atoms with Crippen molar-refractivity contribution in [3.8, 4) is 0 Å². The zero-order valence-corrected chi connectivity index (χ0v) is 15.7. The summed E-state index contributed by atoms with van der Waals surface area (Å²) in [5.74, 6) is -0.448. The van der Waals surface area contributed by atoms with Gasteiger partial charge in [0.15, 0.2) is 0 Å². The van der Waals surface area contributed by atoms with Crippen molar-refractivity contribution in [2.45, 2.75) is 17.7 Å². The van der Waals surface area contributed by atoms with E-state index in [1.807, 2.05) is 4.90 Å². The second-order valence-corrected chi connectivity index (χ2v) is 8.76. The van der Waals surface area contributed by atoms with E-state index in [-0.39, 0.29) is 18.7 Å². The van der Waals surface area contributed by atoms with Crippen molar-refractivity contribution in [3.05, 3.63) is 34.4 Å². The van der Waals surface area contributed by atoms with Gasteiger partial charge in [0.2, 0.25) is 10.0 Å². The van der Waals surface area contributed by atoms with Crippen molar-refractivity contribution in [1.82, 2.24) is 9.62 Å². The van der Waals surface area contributed by atoms with Crippen LogP contribution in [0.5, 0.6) is 0 Å². The second-order valence-electron chi connectivity index (χ2n) is 6.55. The first kappa shape index (κ1) is 19.5. The third-order valence-electron chi connectivity index (χ3n) is 5.02. The number of sulfonamides is 1. The average Bonchev–Trinajstić information content (AvgIpc) is 3.18. The van der Waals surface area contributed by atoms with Crippen LogP contribution in [0.15, 0.2) is 24.3 Å². The summed E-state index contributed by atoms with van der Waals surface area (Å²) < 4.78 is 31.8. The fraction of sp³-hybridized carbons (Fsp3) is 0.562. The molecule has 1 aromatic carbocycles. The molecule has 2 aliphatic heterocycles. The molecule has 2 unspecified atom stereocenters. The Balaban J connectivity index is 1.60. The first-order valence-electron chi connectivity index (χ1n) is 8.62. The molecule has 2 atom stereocenters. The van der Waals surface area contributed by atoms with Crippen molar-refractivity contribution in [2.75, 3.05) is 44.7 Å². The molecule has 10 nitrogen and oxygen atoms in total. The number of anilines is 1. The molecule has 0 bridgehead atoms. The largest absolute Gasteiger partial charge is 0.468 e. The summed E-state index contributed by atoms with van der Waals surface area (Å²) >= 11 is 0. The zero-order valence-electron chi connectivity index (χ0n) is 14.9. The van der Waals surface area contributed by atoms with Crippen LogP contribution in [0.2, 0.25) is 0 Å². The third kappa shape index (κ3) is 4.04. The number of nitrogens with zero attached hydrogens (tertiary/aromatic N) is 3. The van der Waals surface area contributed by atoms with Crippen LogP contribution in [0, 0.1) is 10.1 Å². The van der Waals surface area contributed by atoms with Crippen molar-refractivity contribution in [3.63, 3.8) is 0 Å². The smallest absolute Gasteiger partial charge is 0.322 e. The van der Waals surface area contributed by atoms with Crippen LogP contribution in [0.25, 0.3) is 0 Å². The molecular formula is C16H22N4O6S. The molecule has 2 aliphatic rings. The number of carbonyl (C=O) groups excluding carboxylic acids is 1. The van der Waals surface area contributed by atoms with Gasteiger partial charge >= 0.3 is 5.97 Å².